The minimum absolute atomic E-state index is 0.265. The summed E-state index contributed by atoms with van der Waals surface area (Å²) < 4.78 is 0. The number of amides is 2. The van der Waals surface area contributed by atoms with Crippen LogP contribution in [0, 0.1) is 6.92 Å². The van der Waals surface area contributed by atoms with Crippen molar-refractivity contribution in [1.82, 2.24) is 10.6 Å². The summed E-state index contributed by atoms with van der Waals surface area (Å²) >= 11 is 1.52. The van der Waals surface area contributed by atoms with Crippen molar-refractivity contribution in [2.45, 2.75) is 26.7 Å². The van der Waals surface area contributed by atoms with Crippen LogP contribution in [-0.2, 0) is 4.79 Å². The van der Waals surface area contributed by atoms with Crippen molar-refractivity contribution in [3.8, 4) is 0 Å². The van der Waals surface area contributed by atoms with E-state index in [-0.39, 0.29) is 17.5 Å². The summed E-state index contributed by atoms with van der Waals surface area (Å²) in [7, 11) is 0. The number of hydrogen-bond acceptors (Lipinski definition) is 3. The summed E-state index contributed by atoms with van der Waals surface area (Å²) in [6.45, 7) is 4.53. The van der Waals surface area contributed by atoms with Crippen LogP contribution in [0.3, 0.4) is 0 Å². The molecule has 0 saturated heterocycles. The van der Waals surface area contributed by atoms with Crippen LogP contribution in [0.15, 0.2) is 47.5 Å². The van der Waals surface area contributed by atoms with Crippen molar-refractivity contribution in [1.29, 1.82) is 0 Å². The Morgan fingerprint density at radius 3 is 2.62 bits per heavy atom. The minimum atomic E-state index is -0.276. The Hall–Kier alpha value is -2.40. The zero-order chi connectivity index (χ0) is 17.4. The van der Waals surface area contributed by atoms with Gasteiger partial charge in [-0.15, -0.1) is 11.3 Å². The second-order valence-corrected chi connectivity index (χ2v) is 6.43. The second kappa shape index (κ2) is 9.03. The average molecular weight is 342 g/mol. The molecule has 2 aromatic rings. The fourth-order valence-electron chi connectivity index (χ4n) is 2.17. The zero-order valence-corrected chi connectivity index (χ0v) is 14.8. The van der Waals surface area contributed by atoms with Gasteiger partial charge in [-0.05, 0) is 42.5 Å². The van der Waals surface area contributed by atoms with Gasteiger partial charge in [0.05, 0.1) is 0 Å². The van der Waals surface area contributed by atoms with Crippen LogP contribution in [0.4, 0.5) is 0 Å². The van der Waals surface area contributed by atoms with Crippen molar-refractivity contribution < 1.29 is 9.59 Å². The lowest BCUT2D eigenvalue weighted by Crippen LogP contribution is -2.35. The van der Waals surface area contributed by atoms with Crippen molar-refractivity contribution in [2.24, 2.45) is 0 Å². The Labute approximate surface area is 146 Å². The van der Waals surface area contributed by atoms with E-state index in [1.54, 1.807) is 12.1 Å². The molecule has 0 spiro atoms. The van der Waals surface area contributed by atoms with Crippen molar-refractivity contribution >= 4 is 29.2 Å². The van der Waals surface area contributed by atoms with Crippen LogP contribution in [-0.4, -0.2) is 18.4 Å². The van der Waals surface area contributed by atoms with Crippen LogP contribution in [0.25, 0.3) is 6.08 Å². The highest BCUT2D eigenvalue weighted by atomic mass is 32.1. The number of rotatable bonds is 7. The number of carbonyl (C=O) groups is 2. The monoisotopic (exact) mass is 342 g/mol. The normalized spacial score (nSPS) is 11.2. The molecule has 0 bridgehead atoms. The third kappa shape index (κ3) is 5.06. The third-order valence-electron chi connectivity index (χ3n) is 3.53. The zero-order valence-electron chi connectivity index (χ0n) is 14.0. The summed E-state index contributed by atoms with van der Waals surface area (Å²) in [6.07, 6.45) is 3.62. The van der Waals surface area contributed by atoms with E-state index < -0.39 is 0 Å². The lowest BCUT2D eigenvalue weighted by molar-refractivity contribution is -0.117. The number of carbonyl (C=O) groups excluding carboxylic acids is 2. The van der Waals surface area contributed by atoms with Gasteiger partial charge in [0.15, 0.2) is 0 Å². The van der Waals surface area contributed by atoms with E-state index in [0.29, 0.717) is 12.1 Å². The molecule has 126 valence electrons. The Balaban J connectivity index is 2.18. The van der Waals surface area contributed by atoms with Crippen LogP contribution in [0.1, 0.15) is 40.6 Å². The maximum Gasteiger partial charge on any atom is 0.267 e. The van der Waals surface area contributed by atoms with Gasteiger partial charge in [-0.1, -0.05) is 37.6 Å². The minimum Gasteiger partial charge on any atom is -0.351 e. The topological polar surface area (TPSA) is 58.2 Å². The van der Waals surface area contributed by atoms with Gasteiger partial charge < -0.3 is 10.6 Å². The second-order valence-electron chi connectivity index (χ2n) is 5.45. The number of benzene rings is 1. The smallest absolute Gasteiger partial charge is 0.267 e. The molecule has 0 fully saturated rings. The molecule has 24 heavy (non-hydrogen) atoms. The first-order chi connectivity index (χ1) is 11.6. The highest BCUT2D eigenvalue weighted by Gasteiger charge is 2.15. The van der Waals surface area contributed by atoms with Gasteiger partial charge in [-0.2, -0.15) is 0 Å². The number of hydrogen-bond donors (Lipinski definition) is 2. The van der Waals surface area contributed by atoms with E-state index in [0.717, 1.165) is 23.3 Å². The Morgan fingerprint density at radius 1 is 1.17 bits per heavy atom. The standard InChI is InChI=1S/C19H22N2O2S/c1-3-4-11-20-19(23)17(13-15-9-7-12-24-15)21-18(22)16-10-6-5-8-14(16)2/h5-10,12-13H,3-4,11H2,1-2H3,(H,20,23)(H,21,22)/b17-13-. The lowest BCUT2D eigenvalue weighted by atomic mass is 10.1. The summed E-state index contributed by atoms with van der Waals surface area (Å²) in [5.41, 5.74) is 1.70. The van der Waals surface area contributed by atoms with Crippen LogP contribution in [0.2, 0.25) is 0 Å². The Kier molecular flexibility index (Phi) is 6.75. The predicted octanol–water partition coefficient (Wildman–Crippen LogP) is 3.74. The van der Waals surface area contributed by atoms with Crippen LogP contribution in [0.5, 0.6) is 0 Å². The Morgan fingerprint density at radius 2 is 1.96 bits per heavy atom. The molecule has 0 aliphatic rings. The molecule has 0 aliphatic carbocycles. The first-order valence-electron chi connectivity index (χ1n) is 8.02. The number of aryl methyl sites for hydroxylation is 1. The maximum absolute atomic E-state index is 12.5. The summed E-state index contributed by atoms with van der Waals surface area (Å²) in [5, 5.41) is 7.54. The van der Waals surface area contributed by atoms with E-state index in [2.05, 4.69) is 17.6 Å². The molecule has 1 aromatic carbocycles. The first kappa shape index (κ1) is 17.9. The molecule has 0 atom stereocenters. The molecular formula is C19H22N2O2S. The lowest BCUT2D eigenvalue weighted by Gasteiger charge is -2.11. The van der Waals surface area contributed by atoms with Crippen LogP contribution < -0.4 is 10.6 Å². The largest absolute Gasteiger partial charge is 0.351 e. The SMILES string of the molecule is CCCCNC(=O)/C(=C/c1cccs1)NC(=O)c1ccccc1C. The summed E-state index contributed by atoms with van der Waals surface area (Å²) in [6, 6.07) is 11.1. The van der Waals surface area contributed by atoms with Gasteiger partial charge >= 0.3 is 0 Å². The molecule has 1 aromatic heterocycles. The van der Waals surface area contributed by atoms with Gasteiger partial charge in [0.1, 0.15) is 5.70 Å². The molecule has 0 saturated carbocycles. The fraction of sp³-hybridized carbons (Fsp3) is 0.263. The molecule has 1 heterocycles. The molecule has 2 N–H and O–H groups in total. The predicted molar refractivity (Wildman–Crippen MR) is 98.9 cm³/mol. The first-order valence-corrected chi connectivity index (χ1v) is 8.90. The van der Waals surface area contributed by atoms with E-state index in [1.165, 1.54) is 11.3 Å². The van der Waals surface area contributed by atoms with Crippen molar-refractivity contribution in [3.05, 3.63) is 63.5 Å². The number of nitrogens with one attached hydrogen (secondary N) is 2. The van der Waals surface area contributed by atoms with Gasteiger partial charge in [0, 0.05) is 17.0 Å². The van der Waals surface area contributed by atoms with E-state index in [9.17, 15) is 9.59 Å². The molecule has 0 aliphatic heterocycles. The van der Waals surface area contributed by atoms with Crippen LogP contribution >= 0.6 is 11.3 Å². The molecular weight excluding hydrogens is 320 g/mol. The molecule has 4 nitrogen and oxygen atoms in total. The maximum atomic E-state index is 12.5. The van der Waals surface area contributed by atoms with Crippen molar-refractivity contribution in [3.63, 3.8) is 0 Å². The van der Waals surface area contributed by atoms with E-state index in [4.69, 9.17) is 0 Å². The molecule has 0 radical (unpaired) electrons. The highest BCUT2D eigenvalue weighted by Crippen LogP contribution is 2.14. The number of thiophene rings is 1. The van der Waals surface area contributed by atoms with E-state index >= 15 is 0 Å². The molecule has 2 rings (SSSR count). The van der Waals surface area contributed by atoms with Gasteiger partial charge in [0.25, 0.3) is 11.8 Å². The molecule has 2 amide bonds. The summed E-state index contributed by atoms with van der Waals surface area (Å²) in [4.78, 5) is 25.8. The molecule has 0 unspecified atom stereocenters. The number of unbranched alkanes of at least 4 members (excludes halogenated alkanes) is 1. The van der Waals surface area contributed by atoms with Gasteiger partial charge in [-0.3, -0.25) is 9.59 Å². The van der Waals surface area contributed by atoms with Gasteiger partial charge in [0.2, 0.25) is 0 Å². The van der Waals surface area contributed by atoms with Crippen molar-refractivity contribution in [2.75, 3.05) is 6.54 Å². The Bertz CT molecular complexity index is 721. The highest BCUT2D eigenvalue weighted by molar-refractivity contribution is 7.10. The molecule has 5 heteroatoms. The van der Waals surface area contributed by atoms with Gasteiger partial charge in [-0.25, -0.2) is 0 Å². The fourth-order valence-corrected chi connectivity index (χ4v) is 2.82. The quantitative estimate of drug-likeness (QED) is 0.595. The van der Waals surface area contributed by atoms with E-state index in [1.807, 2.05) is 42.6 Å². The average Bonchev–Trinajstić information content (AvgIpc) is 3.07. The summed E-state index contributed by atoms with van der Waals surface area (Å²) in [5.74, 6) is -0.541. The third-order valence-corrected chi connectivity index (χ3v) is 4.35.